The zero-order valence-electron chi connectivity index (χ0n) is 13.7. The van der Waals surface area contributed by atoms with Crippen LogP contribution < -0.4 is 5.32 Å². The molecule has 1 unspecified atom stereocenters. The van der Waals surface area contributed by atoms with E-state index in [4.69, 9.17) is 4.74 Å². The van der Waals surface area contributed by atoms with Gasteiger partial charge in [-0.3, -0.25) is 4.79 Å². The van der Waals surface area contributed by atoms with E-state index in [0.717, 1.165) is 30.5 Å². The van der Waals surface area contributed by atoms with Gasteiger partial charge in [-0.15, -0.1) is 0 Å². The number of carbonyl (C=O) groups is 1. The normalized spacial score (nSPS) is 12.2. The fourth-order valence-corrected chi connectivity index (χ4v) is 2.29. The molecule has 0 bridgehead atoms. The summed E-state index contributed by atoms with van der Waals surface area (Å²) in [6.07, 6.45) is 1.80. The lowest BCUT2D eigenvalue weighted by Gasteiger charge is -2.29. The minimum absolute atomic E-state index is 0.105. The van der Waals surface area contributed by atoms with Crippen molar-refractivity contribution in [2.45, 2.75) is 32.7 Å². The van der Waals surface area contributed by atoms with E-state index in [1.54, 1.807) is 7.11 Å². The zero-order chi connectivity index (χ0) is 15.7. The topological polar surface area (TPSA) is 41.6 Å². The Labute approximate surface area is 128 Å². The first-order valence-electron chi connectivity index (χ1n) is 7.68. The molecule has 0 aliphatic rings. The number of methoxy groups -OCH3 is 1. The van der Waals surface area contributed by atoms with Crippen LogP contribution >= 0.6 is 0 Å². The molecule has 0 fully saturated rings. The van der Waals surface area contributed by atoms with Crippen molar-refractivity contribution in [3.8, 4) is 0 Å². The van der Waals surface area contributed by atoms with Gasteiger partial charge < -0.3 is 15.0 Å². The monoisotopic (exact) mass is 292 g/mol. The summed E-state index contributed by atoms with van der Waals surface area (Å²) in [6.45, 7) is 6.25. The molecule has 0 saturated heterocycles. The first-order chi connectivity index (χ1) is 10.2. The van der Waals surface area contributed by atoms with Gasteiger partial charge in [0.05, 0.1) is 6.61 Å². The van der Waals surface area contributed by atoms with Crippen molar-refractivity contribution in [2.24, 2.45) is 0 Å². The van der Waals surface area contributed by atoms with E-state index in [1.165, 1.54) is 0 Å². The van der Waals surface area contributed by atoms with Crippen molar-refractivity contribution in [2.75, 3.05) is 33.9 Å². The van der Waals surface area contributed by atoms with Crippen LogP contribution in [0.5, 0.6) is 0 Å². The van der Waals surface area contributed by atoms with Gasteiger partial charge in [-0.1, -0.05) is 25.1 Å². The number of hydrogen-bond acceptors (Lipinski definition) is 3. The lowest BCUT2D eigenvalue weighted by atomic mass is 10.0. The minimum Gasteiger partial charge on any atom is -0.383 e. The molecule has 0 aromatic heterocycles. The third-order valence-corrected chi connectivity index (χ3v) is 3.81. The van der Waals surface area contributed by atoms with E-state index < -0.39 is 0 Å². The Balaban J connectivity index is 2.96. The molecule has 0 saturated carbocycles. The first-order valence-corrected chi connectivity index (χ1v) is 7.68. The van der Waals surface area contributed by atoms with Gasteiger partial charge in [0.15, 0.2) is 0 Å². The maximum atomic E-state index is 12.9. The molecule has 0 aliphatic carbocycles. The number of rotatable bonds is 9. The van der Waals surface area contributed by atoms with Gasteiger partial charge >= 0.3 is 0 Å². The summed E-state index contributed by atoms with van der Waals surface area (Å²) < 4.78 is 5.14. The predicted molar refractivity (Wildman–Crippen MR) is 86.7 cm³/mol. The van der Waals surface area contributed by atoms with E-state index >= 15 is 0 Å². The van der Waals surface area contributed by atoms with Crippen LogP contribution in [0.4, 0.5) is 0 Å². The molecule has 4 nitrogen and oxygen atoms in total. The van der Waals surface area contributed by atoms with Crippen molar-refractivity contribution in [3.05, 3.63) is 35.4 Å². The second-order valence-corrected chi connectivity index (χ2v) is 5.26. The molecule has 21 heavy (non-hydrogen) atoms. The Morgan fingerprint density at radius 2 is 2.10 bits per heavy atom. The summed E-state index contributed by atoms with van der Waals surface area (Å²) >= 11 is 0. The molecule has 1 atom stereocenters. The quantitative estimate of drug-likeness (QED) is 0.759. The molecule has 1 aromatic rings. The fourth-order valence-electron chi connectivity index (χ4n) is 2.29. The Hall–Kier alpha value is -1.39. The smallest absolute Gasteiger partial charge is 0.254 e. The van der Waals surface area contributed by atoms with Crippen LogP contribution in [0.25, 0.3) is 0 Å². The standard InChI is InChI=1S/C17H28N2O2/c1-5-14(2)19(12-13-21-4)17(20)16-9-7-6-8-15(16)10-11-18-3/h6-9,14,18H,5,10-13H2,1-4H3. The number of ether oxygens (including phenoxy) is 1. The summed E-state index contributed by atoms with van der Waals surface area (Å²) in [5, 5.41) is 3.13. The molecule has 1 rings (SSSR count). The summed E-state index contributed by atoms with van der Waals surface area (Å²) in [4.78, 5) is 14.8. The molecule has 1 amide bonds. The van der Waals surface area contributed by atoms with Gasteiger partial charge in [-0.25, -0.2) is 0 Å². The number of likely N-dealkylation sites (N-methyl/N-ethyl adjacent to an activating group) is 1. The first kappa shape index (κ1) is 17.7. The third-order valence-electron chi connectivity index (χ3n) is 3.81. The fraction of sp³-hybridized carbons (Fsp3) is 0.588. The Morgan fingerprint density at radius 3 is 2.71 bits per heavy atom. The third kappa shape index (κ3) is 5.14. The lowest BCUT2D eigenvalue weighted by molar-refractivity contribution is 0.0613. The Bertz CT molecular complexity index is 435. The van der Waals surface area contributed by atoms with Gasteiger partial charge in [0.2, 0.25) is 0 Å². The SMILES string of the molecule is CCC(C)N(CCOC)C(=O)c1ccccc1CCNC. The number of benzene rings is 1. The van der Waals surface area contributed by atoms with Crippen LogP contribution in [0.2, 0.25) is 0 Å². The van der Waals surface area contributed by atoms with Crippen LogP contribution in [-0.4, -0.2) is 50.7 Å². The van der Waals surface area contributed by atoms with Gasteiger partial charge in [0, 0.05) is 25.3 Å². The number of nitrogens with zero attached hydrogens (tertiary/aromatic N) is 1. The highest BCUT2D eigenvalue weighted by Gasteiger charge is 2.21. The Morgan fingerprint density at radius 1 is 1.38 bits per heavy atom. The molecule has 0 aliphatic heterocycles. The van der Waals surface area contributed by atoms with Crippen LogP contribution in [-0.2, 0) is 11.2 Å². The molecule has 0 heterocycles. The second-order valence-electron chi connectivity index (χ2n) is 5.26. The van der Waals surface area contributed by atoms with Crippen molar-refractivity contribution in [1.29, 1.82) is 0 Å². The highest BCUT2D eigenvalue weighted by molar-refractivity contribution is 5.96. The average molecular weight is 292 g/mol. The molecule has 0 radical (unpaired) electrons. The van der Waals surface area contributed by atoms with Gasteiger partial charge in [0.1, 0.15) is 0 Å². The molecule has 118 valence electrons. The number of amides is 1. The molecule has 4 heteroatoms. The summed E-state index contributed by atoms with van der Waals surface area (Å²) in [5.74, 6) is 0.105. The number of carbonyl (C=O) groups excluding carboxylic acids is 1. The van der Waals surface area contributed by atoms with Gasteiger partial charge in [-0.2, -0.15) is 0 Å². The van der Waals surface area contributed by atoms with Crippen molar-refractivity contribution < 1.29 is 9.53 Å². The Kier molecular flexibility index (Phi) is 8.01. The second kappa shape index (κ2) is 9.53. The number of nitrogens with one attached hydrogen (secondary N) is 1. The molecular weight excluding hydrogens is 264 g/mol. The zero-order valence-corrected chi connectivity index (χ0v) is 13.7. The van der Waals surface area contributed by atoms with Crippen molar-refractivity contribution in [3.63, 3.8) is 0 Å². The van der Waals surface area contributed by atoms with E-state index in [0.29, 0.717) is 13.2 Å². The predicted octanol–water partition coefficient (Wildman–Crippen LogP) is 2.34. The lowest BCUT2D eigenvalue weighted by Crippen LogP contribution is -2.41. The summed E-state index contributed by atoms with van der Waals surface area (Å²) in [5.41, 5.74) is 1.91. The van der Waals surface area contributed by atoms with E-state index in [-0.39, 0.29) is 11.9 Å². The van der Waals surface area contributed by atoms with Crippen LogP contribution in [0.3, 0.4) is 0 Å². The van der Waals surface area contributed by atoms with Gasteiger partial charge in [-0.05, 0) is 45.0 Å². The summed E-state index contributed by atoms with van der Waals surface area (Å²) in [6, 6.07) is 8.10. The largest absolute Gasteiger partial charge is 0.383 e. The molecule has 1 aromatic carbocycles. The maximum absolute atomic E-state index is 12.9. The van der Waals surface area contributed by atoms with Crippen molar-refractivity contribution >= 4 is 5.91 Å². The molecule has 0 spiro atoms. The minimum atomic E-state index is 0.105. The number of hydrogen-bond donors (Lipinski definition) is 1. The highest BCUT2D eigenvalue weighted by atomic mass is 16.5. The van der Waals surface area contributed by atoms with Crippen molar-refractivity contribution in [1.82, 2.24) is 10.2 Å². The van der Waals surface area contributed by atoms with E-state index in [1.807, 2.05) is 36.2 Å². The van der Waals surface area contributed by atoms with E-state index in [9.17, 15) is 4.79 Å². The molecular formula is C17H28N2O2. The maximum Gasteiger partial charge on any atom is 0.254 e. The average Bonchev–Trinajstić information content (AvgIpc) is 2.52. The van der Waals surface area contributed by atoms with Crippen LogP contribution in [0, 0.1) is 0 Å². The van der Waals surface area contributed by atoms with Gasteiger partial charge in [0.25, 0.3) is 5.91 Å². The van der Waals surface area contributed by atoms with E-state index in [2.05, 4.69) is 19.2 Å². The molecule has 1 N–H and O–H groups in total. The summed E-state index contributed by atoms with van der Waals surface area (Å²) in [7, 11) is 3.59. The van der Waals surface area contributed by atoms with Crippen LogP contribution in [0.15, 0.2) is 24.3 Å². The van der Waals surface area contributed by atoms with Crippen LogP contribution in [0.1, 0.15) is 36.2 Å². The highest BCUT2D eigenvalue weighted by Crippen LogP contribution is 2.15.